The molecular formula is C11H16F4O2. The normalized spacial score (nSPS) is 18.8. The van der Waals surface area contributed by atoms with Crippen LogP contribution in [-0.4, -0.2) is 30.8 Å². The van der Waals surface area contributed by atoms with Crippen molar-refractivity contribution in [3.63, 3.8) is 0 Å². The Balaban J connectivity index is 2.54. The van der Waals surface area contributed by atoms with Crippen molar-refractivity contribution in [2.45, 2.75) is 45.1 Å². The predicted octanol–water partition coefficient (Wildman–Crippen LogP) is 2.91. The summed E-state index contributed by atoms with van der Waals surface area (Å²) in [6.45, 7) is 1.86. The van der Waals surface area contributed by atoms with Gasteiger partial charge in [-0.2, -0.15) is 8.78 Å². The van der Waals surface area contributed by atoms with Gasteiger partial charge < -0.3 is 4.74 Å². The number of halogens is 4. The maximum atomic E-state index is 12.7. The zero-order chi connectivity index (χ0) is 13.2. The van der Waals surface area contributed by atoms with Gasteiger partial charge in [0.1, 0.15) is 12.7 Å². The Hall–Kier alpha value is -0.650. The lowest BCUT2D eigenvalue weighted by Crippen LogP contribution is -2.38. The molecule has 0 unspecified atom stereocenters. The SMILES string of the molecule is CC(C)C(=O)[C@H](OCC(F)(F)C(F)F)C1CC1. The maximum Gasteiger partial charge on any atom is 0.330 e. The van der Waals surface area contributed by atoms with Gasteiger partial charge in [-0.3, -0.25) is 4.79 Å². The lowest BCUT2D eigenvalue weighted by Gasteiger charge is -2.22. The van der Waals surface area contributed by atoms with Gasteiger partial charge in [-0.15, -0.1) is 0 Å². The minimum absolute atomic E-state index is 0.0848. The van der Waals surface area contributed by atoms with Crippen LogP contribution in [0.2, 0.25) is 0 Å². The average Bonchev–Trinajstić information content (AvgIpc) is 3.01. The smallest absolute Gasteiger partial charge is 0.330 e. The zero-order valence-corrected chi connectivity index (χ0v) is 9.76. The van der Waals surface area contributed by atoms with Gasteiger partial charge in [0.05, 0.1) is 0 Å². The Morgan fingerprint density at radius 2 is 1.88 bits per heavy atom. The number of carbonyl (C=O) groups is 1. The van der Waals surface area contributed by atoms with Gasteiger partial charge in [-0.25, -0.2) is 8.78 Å². The molecule has 0 N–H and O–H groups in total. The summed E-state index contributed by atoms with van der Waals surface area (Å²) in [6.07, 6.45) is -3.27. The number of hydrogen-bond donors (Lipinski definition) is 0. The van der Waals surface area contributed by atoms with E-state index in [2.05, 4.69) is 0 Å². The minimum Gasteiger partial charge on any atom is -0.364 e. The number of Topliss-reactive ketones (excluding diaryl/α,β-unsaturated/α-hetero) is 1. The third-order valence-electron chi connectivity index (χ3n) is 2.67. The number of ketones is 1. The molecule has 0 bridgehead atoms. The van der Waals surface area contributed by atoms with Crippen molar-refractivity contribution < 1.29 is 27.1 Å². The molecule has 0 radical (unpaired) electrons. The second-order valence-electron chi connectivity index (χ2n) is 4.69. The van der Waals surface area contributed by atoms with Gasteiger partial charge >= 0.3 is 12.3 Å². The molecule has 0 aromatic heterocycles. The summed E-state index contributed by atoms with van der Waals surface area (Å²) >= 11 is 0. The van der Waals surface area contributed by atoms with E-state index in [0.717, 1.165) is 12.8 Å². The van der Waals surface area contributed by atoms with Gasteiger partial charge in [0.2, 0.25) is 0 Å². The molecule has 1 aliphatic rings. The Bertz CT molecular complexity index is 275. The van der Waals surface area contributed by atoms with Crippen molar-refractivity contribution in [3.05, 3.63) is 0 Å². The molecule has 0 aromatic rings. The molecule has 1 fully saturated rings. The van der Waals surface area contributed by atoms with Crippen LogP contribution in [0.15, 0.2) is 0 Å². The van der Waals surface area contributed by atoms with E-state index in [-0.39, 0.29) is 17.6 Å². The van der Waals surface area contributed by atoms with Crippen molar-refractivity contribution in [1.29, 1.82) is 0 Å². The zero-order valence-electron chi connectivity index (χ0n) is 9.76. The standard InChI is InChI=1S/C11H16F4O2/c1-6(2)8(16)9(7-3-4-7)17-5-11(14,15)10(12)13/h6-7,9-10H,3-5H2,1-2H3/t9-/m1/s1. The summed E-state index contributed by atoms with van der Waals surface area (Å²) < 4.78 is 53.9. The molecule has 2 nitrogen and oxygen atoms in total. The molecule has 1 atom stereocenters. The summed E-state index contributed by atoms with van der Waals surface area (Å²) in [7, 11) is 0. The van der Waals surface area contributed by atoms with Crippen molar-refractivity contribution in [2.24, 2.45) is 11.8 Å². The Morgan fingerprint density at radius 1 is 1.35 bits per heavy atom. The highest BCUT2D eigenvalue weighted by Crippen LogP contribution is 2.36. The lowest BCUT2D eigenvalue weighted by molar-refractivity contribution is -0.181. The summed E-state index contributed by atoms with van der Waals surface area (Å²) in [4.78, 5) is 11.7. The fourth-order valence-corrected chi connectivity index (χ4v) is 1.44. The first-order chi connectivity index (χ1) is 7.75. The van der Waals surface area contributed by atoms with Crippen LogP contribution < -0.4 is 0 Å². The molecule has 1 saturated carbocycles. The number of rotatable bonds is 7. The first kappa shape index (κ1) is 14.4. The molecule has 6 heteroatoms. The predicted molar refractivity (Wildman–Crippen MR) is 53.3 cm³/mol. The van der Waals surface area contributed by atoms with Gasteiger partial charge in [0, 0.05) is 5.92 Å². The monoisotopic (exact) mass is 256 g/mol. The number of ether oxygens (including phenoxy) is 1. The van der Waals surface area contributed by atoms with E-state index in [1.807, 2.05) is 0 Å². The summed E-state index contributed by atoms with van der Waals surface area (Å²) in [5.41, 5.74) is 0. The van der Waals surface area contributed by atoms with Gasteiger partial charge in [-0.05, 0) is 18.8 Å². The first-order valence-corrected chi connectivity index (χ1v) is 5.57. The Kier molecular flexibility index (Phi) is 4.52. The van der Waals surface area contributed by atoms with Crippen LogP contribution in [0.1, 0.15) is 26.7 Å². The van der Waals surface area contributed by atoms with Crippen molar-refractivity contribution in [1.82, 2.24) is 0 Å². The molecule has 0 heterocycles. The Morgan fingerprint density at radius 3 is 2.24 bits per heavy atom. The summed E-state index contributed by atoms with van der Waals surface area (Å²) in [5.74, 6) is -4.92. The molecule has 0 spiro atoms. The van der Waals surface area contributed by atoms with Crippen LogP contribution in [0, 0.1) is 11.8 Å². The topological polar surface area (TPSA) is 26.3 Å². The van der Waals surface area contributed by atoms with Crippen LogP contribution >= 0.6 is 0 Å². The highest BCUT2D eigenvalue weighted by molar-refractivity contribution is 5.85. The lowest BCUT2D eigenvalue weighted by atomic mass is 10.0. The average molecular weight is 256 g/mol. The minimum atomic E-state index is -4.19. The highest BCUT2D eigenvalue weighted by Gasteiger charge is 2.45. The van der Waals surface area contributed by atoms with Crippen LogP contribution in [0.3, 0.4) is 0 Å². The van der Waals surface area contributed by atoms with Crippen molar-refractivity contribution >= 4 is 5.78 Å². The third kappa shape index (κ3) is 3.94. The first-order valence-electron chi connectivity index (χ1n) is 5.57. The van der Waals surface area contributed by atoms with Crippen LogP contribution in [0.4, 0.5) is 17.6 Å². The second kappa shape index (κ2) is 5.33. The molecule has 0 aliphatic heterocycles. The van der Waals surface area contributed by atoms with Crippen molar-refractivity contribution in [3.8, 4) is 0 Å². The van der Waals surface area contributed by atoms with Crippen LogP contribution in [0.5, 0.6) is 0 Å². The van der Waals surface area contributed by atoms with E-state index in [1.165, 1.54) is 0 Å². The molecular weight excluding hydrogens is 240 g/mol. The van der Waals surface area contributed by atoms with E-state index in [0.29, 0.717) is 0 Å². The van der Waals surface area contributed by atoms with Gasteiger partial charge in [0.15, 0.2) is 5.78 Å². The van der Waals surface area contributed by atoms with E-state index in [1.54, 1.807) is 13.8 Å². The third-order valence-corrected chi connectivity index (χ3v) is 2.67. The molecule has 0 amide bonds. The number of hydrogen-bond acceptors (Lipinski definition) is 2. The summed E-state index contributed by atoms with van der Waals surface area (Å²) in [5, 5.41) is 0. The second-order valence-corrected chi connectivity index (χ2v) is 4.69. The number of carbonyl (C=O) groups excluding carboxylic acids is 1. The van der Waals surface area contributed by atoms with Crippen LogP contribution in [0.25, 0.3) is 0 Å². The van der Waals surface area contributed by atoms with E-state index in [4.69, 9.17) is 4.74 Å². The summed E-state index contributed by atoms with van der Waals surface area (Å²) in [6, 6.07) is 0. The highest BCUT2D eigenvalue weighted by atomic mass is 19.3. The maximum absolute atomic E-state index is 12.7. The number of alkyl halides is 4. The van der Waals surface area contributed by atoms with Crippen molar-refractivity contribution in [2.75, 3.05) is 6.61 Å². The molecule has 0 saturated heterocycles. The van der Waals surface area contributed by atoms with E-state index >= 15 is 0 Å². The van der Waals surface area contributed by atoms with E-state index in [9.17, 15) is 22.4 Å². The van der Waals surface area contributed by atoms with Gasteiger partial charge in [-0.1, -0.05) is 13.8 Å². The molecule has 17 heavy (non-hydrogen) atoms. The fraction of sp³-hybridized carbons (Fsp3) is 0.909. The van der Waals surface area contributed by atoms with Crippen LogP contribution in [-0.2, 0) is 9.53 Å². The largest absolute Gasteiger partial charge is 0.364 e. The molecule has 0 aromatic carbocycles. The Labute approximate surface area is 97.3 Å². The molecule has 1 rings (SSSR count). The molecule has 1 aliphatic carbocycles. The quantitative estimate of drug-likeness (QED) is 0.655. The van der Waals surface area contributed by atoms with E-state index < -0.39 is 25.1 Å². The fourth-order valence-electron chi connectivity index (χ4n) is 1.44. The molecule has 100 valence electrons. The van der Waals surface area contributed by atoms with Gasteiger partial charge in [0.25, 0.3) is 0 Å².